The monoisotopic (exact) mass is 315 g/mol. The van der Waals surface area contributed by atoms with Crippen molar-refractivity contribution in [3.8, 4) is 0 Å². The Bertz CT molecular complexity index is 554. The summed E-state index contributed by atoms with van der Waals surface area (Å²) < 4.78 is 32.5. The SMILES string of the molecule is CC(C)NCc1ccc(S(=O)(=O)NCC2CCCN2C)o1. The van der Waals surface area contributed by atoms with Crippen molar-refractivity contribution >= 4 is 10.0 Å². The molecule has 1 aliphatic rings. The molecule has 0 radical (unpaired) electrons. The van der Waals surface area contributed by atoms with Gasteiger partial charge in [-0.25, -0.2) is 13.1 Å². The third-order valence-electron chi connectivity index (χ3n) is 3.77. The lowest BCUT2D eigenvalue weighted by Gasteiger charge is -2.19. The Morgan fingerprint density at radius 2 is 2.19 bits per heavy atom. The first kappa shape index (κ1) is 16.5. The molecule has 0 bridgehead atoms. The maximum atomic E-state index is 12.2. The van der Waals surface area contributed by atoms with Crippen LogP contribution in [-0.2, 0) is 16.6 Å². The number of hydrogen-bond donors (Lipinski definition) is 2. The van der Waals surface area contributed by atoms with Gasteiger partial charge in [0.15, 0.2) is 0 Å². The number of hydrogen-bond acceptors (Lipinski definition) is 5. The number of likely N-dealkylation sites (N-methyl/N-ethyl adjacent to an activating group) is 1. The van der Waals surface area contributed by atoms with Gasteiger partial charge in [-0.15, -0.1) is 0 Å². The standard InChI is InChI=1S/C14H25N3O3S/c1-11(2)15-10-13-6-7-14(20-13)21(18,19)16-9-12-5-4-8-17(12)3/h6-7,11-12,15-16H,4-5,8-10H2,1-3H3. The van der Waals surface area contributed by atoms with Gasteiger partial charge in [-0.3, -0.25) is 0 Å². The summed E-state index contributed by atoms with van der Waals surface area (Å²) >= 11 is 0. The molecule has 0 amide bonds. The predicted octanol–water partition coefficient (Wildman–Crippen LogP) is 1.15. The topological polar surface area (TPSA) is 74.6 Å². The molecule has 1 atom stereocenters. The van der Waals surface area contributed by atoms with Crippen molar-refractivity contribution < 1.29 is 12.8 Å². The molecule has 2 heterocycles. The van der Waals surface area contributed by atoms with Gasteiger partial charge in [-0.05, 0) is 38.6 Å². The molecule has 2 rings (SSSR count). The minimum atomic E-state index is -3.56. The normalized spacial score (nSPS) is 20.5. The molecule has 1 unspecified atom stereocenters. The highest BCUT2D eigenvalue weighted by atomic mass is 32.2. The largest absolute Gasteiger partial charge is 0.447 e. The molecule has 1 aliphatic heterocycles. The Labute approximate surface area is 126 Å². The second-order valence-electron chi connectivity index (χ2n) is 5.88. The number of likely N-dealkylation sites (tertiary alicyclic amines) is 1. The van der Waals surface area contributed by atoms with Crippen molar-refractivity contribution in [2.24, 2.45) is 0 Å². The third kappa shape index (κ3) is 4.54. The Balaban J connectivity index is 1.92. The molecular formula is C14H25N3O3S. The lowest BCUT2D eigenvalue weighted by molar-refractivity contribution is 0.309. The van der Waals surface area contributed by atoms with E-state index in [1.807, 2.05) is 20.9 Å². The highest BCUT2D eigenvalue weighted by molar-refractivity contribution is 7.89. The fraction of sp³-hybridized carbons (Fsp3) is 0.714. The Hall–Kier alpha value is -0.890. The average Bonchev–Trinajstić information content (AvgIpc) is 3.03. The van der Waals surface area contributed by atoms with Crippen LogP contribution in [0.3, 0.4) is 0 Å². The highest BCUT2D eigenvalue weighted by Crippen LogP contribution is 2.17. The third-order valence-corrected chi connectivity index (χ3v) is 5.06. The molecule has 1 aromatic heterocycles. The lowest BCUT2D eigenvalue weighted by atomic mass is 10.2. The van der Waals surface area contributed by atoms with Crippen molar-refractivity contribution in [1.29, 1.82) is 0 Å². The van der Waals surface area contributed by atoms with Gasteiger partial charge in [-0.2, -0.15) is 0 Å². The molecule has 0 aliphatic carbocycles. The van der Waals surface area contributed by atoms with Crippen molar-refractivity contribution in [1.82, 2.24) is 14.9 Å². The Morgan fingerprint density at radius 3 is 2.81 bits per heavy atom. The molecule has 2 N–H and O–H groups in total. The first-order valence-corrected chi connectivity index (χ1v) is 8.89. The maximum Gasteiger partial charge on any atom is 0.274 e. The summed E-state index contributed by atoms with van der Waals surface area (Å²) in [6.07, 6.45) is 2.15. The van der Waals surface area contributed by atoms with Gasteiger partial charge in [0.25, 0.3) is 10.0 Å². The summed E-state index contributed by atoms with van der Waals surface area (Å²) in [7, 11) is -1.54. The molecule has 1 aromatic rings. The average molecular weight is 315 g/mol. The number of sulfonamides is 1. The molecule has 6 nitrogen and oxygen atoms in total. The molecule has 120 valence electrons. The fourth-order valence-electron chi connectivity index (χ4n) is 2.42. The van der Waals surface area contributed by atoms with Crippen LogP contribution in [0.25, 0.3) is 0 Å². The molecule has 0 aromatic carbocycles. The smallest absolute Gasteiger partial charge is 0.274 e. The quantitative estimate of drug-likeness (QED) is 0.789. The van der Waals surface area contributed by atoms with Crippen molar-refractivity contribution in [3.05, 3.63) is 17.9 Å². The van der Waals surface area contributed by atoms with Gasteiger partial charge >= 0.3 is 0 Å². The number of nitrogens with zero attached hydrogens (tertiary/aromatic N) is 1. The van der Waals surface area contributed by atoms with Gasteiger partial charge in [0.1, 0.15) is 5.76 Å². The first-order valence-electron chi connectivity index (χ1n) is 7.40. The van der Waals surface area contributed by atoms with Crippen LogP contribution >= 0.6 is 0 Å². The van der Waals surface area contributed by atoms with Gasteiger partial charge in [0, 0.05) is 18.6 Å². The lowest BCUT2D eigenvalue weighted by Crippen LogP contribution is -2.38. The van der Waals surface area contributed by atoms with Crippen LogP contribution in [0.4, 0.5) is 0 Å². The van der Waals surface area contributed by atoms with Crippen LogP contribution in [0.2, 0.25) is 0 Å². The minimum absolute atomic E-state index is 0.0105. The fourth-order valence-corrected chi connectivity index (χ4v) is 3.43. The molecule has 7 heteroatoms. The van der Waals surface area contributed by atoms with Crippen LogP contribution in [-0.4, -0.2) is 45.5 Å². The zero-order valence-corrected chi connectivity index (χ0v) is 13.7. The van der Waals surface area contributed by atoms with Crippen molar-refractivity contribution in [2.45, 2.75) is 50.4 Å². The summed E-state index contributed by atoms with van der Waals surface area (Å²) in [4.78, 5) is 2.18. The van der Waals surface area contributed by atoms with Gasteiger partial charge in [0.2, 0.25) is 5.09 Å². The van der Waals surface area contributed by atoms with E-state index in [0.717, 1.165) is 19.4 Å². The summed E-state index contributed by atoms with van der Waals surface area (Å²) in [5, 5.41) is 3.18. The molecule has 0 spiro atoms. The van der Waals surface area contributed by atoms with Crippen LogP contribution in [0.15, 0.2) is 21.6 Å². The summed E-state index contributed by atoms with van der Waals surface area (Å²) in [5.41, 5.74) is 0. The predicted molar refractivity (Wildman–Crippen MR) is 81.5 cm³/mol. The van der Waals surface area contributed by atoms with E-state index in [-0.39, 0.29) is 11.1 Å². The maximum absolute atomic E-state index is 12.2. The summed E-state index contributed by atoms with van der Waals surface area (Å²) in [6, 6.07) is 3.81. The zero-order valence-electron chi connectivity index (χ0n) is 12.9. The van der Waals surface area contributed by atoms with Crippen LogP contribution < -0.4 is 10.0 Å². The zero-order chi connectivity index (χ0) is 15.5. The van der Waals surface area contributed by atoms with Gasteiger partial charge in [0.05, 0.1) is 6.54 Å². The van der Waals surface area contributed by atoms with Crippen LogP contribution in [0.5, 0.6) is 0 Å². The van der Waals surface area contributed by atoms with E-state index in [0.29, 0.717) is 24.9 Å². The number of nitrogens with one attached hydrogen (secondary N) is 2. The highest BCUT2D eigenvalue weighted by Gasteiger charge is 2.25. The van der Waals surface area contributed by atoms with Gasteiger partial charge in [-0.1, -0.05) is 13.8 Å². The molecule has 0 saturated carbocycles. The van der Waals surface area contributed by atoms with Gasteiger partial charge < -0.3 is 14.6 Å². The van der Waals surface area contributed by atoms with E-state index in [4.69, 9.17) is 4.42 Å². The van der Waals surface area contributed by atoms with Crippen LogP contribution in [0.1, 0.15) is 32.4 Å². The van der Waals surface area contributed by atoms with Crippen molar-refractivity contribution in [3.63, 3.8) is 0 Å². The Morgan fingerprint density at radius 1 is 1.43 bits per heavy atom. The van der Waals surface area contributed by atoms with E-state index in [1.165, 1.54) is 6.07 Å². The van der Waals surface area contributed by atoms with E-state index < -0.39 is 10.0 Å². The van der Waals surface area contributed by atoms with Crippen molar-refractivity contribution in [2.75, 3.05) is 20.1 Å². The molecule has 1 fully saturated rings. The molecule has 21 heavy (non-hydrogen) atoms. The first-order chi connectivity index (χ1) is 9.88. The van der Waals surface area contributed by atoms with Crippen LogP contribution in [0, 0.1) is 0 Å². The van der Waals surface area contributed by atoms with E-state index in [2.05, 4.69) is 14.9 Å². The molecule has 1 saturated heterocycles. The summed E-state index contributed by atoms with van der Waals surface area (Å²) in [6.45, 7) is 6.04. The van der Waals surface area contributed by atoms with E-state index in [9.17, 15) is 8.42 Å². The minimum Gasteiger partial charge on any atom is -0.447 e. The summed E-state index contributed by atoms with van der Waals surface area (Å²) in [5.74, 6) is 0.627. The van der Waals surface area contributed by atoms with E-state index in [1.54, 1.807) is 6.07 Å². The number of rotatable bonds is 7. The second-order valence-corrected chi connectivity index (χ2v) is 7.58. The molecular weight excluding hydrogens is 290 g/mol. The Kier molecular flexibility index (Phi) is 5.43. The van der Waals surface area contributed by atoms with E-state index >= 15 is 0 Å². The number of furan rings is 1. The second kappa shape index (κ2) is 6.91.